The molecule has 3 rings (SSSR count). The number of amides is 1. The molecule has 0 saturated carbocycles. The van der Waals surface area contributed by atoms with Gasteiger partial charge in [-0.3, -0.25) is 14.5 Å². The van der Waals surface area contributed by atoms with Crippen LogP contribution >= 0.6 is 0 Å². The summed E-state index contributed by atoms with van der Waals surface area (Å²) in [4.78, 5) is 30.1. The van der Waals surface area contributed by atoms with Crippen LogP contribution in [0.25, 0.3) is 0 Å². The van der Waals surface area contributed by atoms with Crippen LogP contribution in [0.5, 0.6) is 0 Å². The van der Waals surface area contributed by atoms with Gasteiger partial charge in [0.1, 0.15) is 5.82 Å². The quantitative estimate of drug-likeness (QED) is 0.925. The second kappa shape index (κ2) is 7.40. The Morgan fingerprint density at radius 2 is 1.75 bits per heavy atom. The first-order valence-electron chi connectivity index (χ1n) is 8.06. The second-order valence-electron chi connectivity index (χ2n) is 5.95. The summed E-state index contributed by atoms with van der Waals surface area (Å²) in [6, 6.07) is 9.51. The van der Waals surface area contributed by atoms with Gasteiger partial charge in [-0.15, -0.1) is 0 Å². The van der Waals surface area contributed by atoms with Crippen molar-refractivity contribution in [3.05, 3.63) is 69.9 Å². The smallest absolute Gasteiger partial charge is 0.255 e. The van der Waals surface area contributed by atoms with Crippen LogP contribution in [0.1, 0.15) is 15.9 Å². The number of rotatable bonds is 4. The molecule has 0 radical (unpaired) electrons. The highest BCUT2D eigenvalue weighted by atomic mass is 19.1. The molecule has 0 atom stereocenters. The molecule has 1 amide bonds. The lowest BCUT2D eigenvalue weighted by Crippen LogP contribution is -2.49. The third-order valence-corrected chi connectivity index (χ3v) is 4.32. The minimum Gasteiger partial charge on any atom is -0.336 e. The minimum absolute atomic E-state index is 0.0514. The van der Waals surface area contributed by atoms with E-state index in [1.807, 2.05) is 17.0 Å². The lowest BCUT2D eigenvalue weighted by Gasteiger charge is -2.34. The van der Waals surface area contributed by atoms with Crippen LogP contribution in [-0.4, -0.2) is 53.4 Å². The van der Waals surface area contributed by atoms with Crippen molar-refractivity contribution in [1.82, 2.24) is 14.8 Å². The lowest BCUT2D eigenvalue weighted by atomic mass is 10.1. The second-order valence-corrected chi connectivity index (χ2v) is 5.95. The van der Waals surface area contributed by atoms with Crippen molar-refractivity contribution in [2.24, 2.45) is 0 Å². The minimum atomic E-state index is -0.215. The highest BCUT2D eigenvalue weighted by molar-refractivity contribution is 5.93. The molecular formula is C18H20FN3O2. The average Bonchev–Trinajstić information content (AvgIpc) is 2.62. The van der Waals surface area contributed by atoms with Crippen molar-refractivity contribution in [1.29, 1.82) is 0 Å². The monoisotopic (exact) mass is 329 g/mol. The zero-order valence-electron chi connectivity index (χ0n) is 13.4. The van der Waals surface area contributed by atoms with Crippen LogP contribution in [0.3, 0.4) is 0 Å². The molecule has 1 N–H and O–H groups in total. The molecular weight excluding hydrogens is 309 g/mol. The number of hydrogen-bond donors (Lipinski definition) is 1. The average molecular weight is 329 g/mol. The molecule has 0 bridgehead atoms. The molecule has 6 heteroatoms. The van der Waals surface area contributed by atoms with Crippen molar-refractivity contribution < 1.29 is 9.18 Å². The standard InChI is InChI=1S/C18H20FN3O2/c19-16-4-1-14(2-5-16)7-8-21-9-11-22(12-10-21)18(24)15-3-6-17(23)20-13-15/h1-6,13H,7-12H2,(H,20,23). The van der Waals surface area contributed by atoms with Gasteiger partial charge in [0, 0.05) is 45.0 Å². The van der Waals surface area contributed by atoms with Gasteiger partial charge in [-0.2, -0.15) is 0 Å². The van der Waals surface area contributed by atoms with Crippen LogP contribution in [-0.2, 0) is 6.42 Å². The number of benzene rings is 1. The summed E-state index contributed by atoms with van der Waals surface area (Å²) >= 11 is 0. The van der Waals surface area contributed by atoms with E-state index in [4.69, 9.17) is 0 Å². The van der Waals surface area contributed by atoms with E-state index in [-0.39, 0.29) is 17.3 Å². The van der Waals surface area contributed by atoms with Gasteiger partial charge in [0.05, 0.1) is 5.56 Å². The van der Waals surface area contributed by atoms with Gasteiger partial charge < -0.3 is 9.88 Å². The van der Waals surface area contributed by atoms with Gasteiger partial charge in [0.2, 0.25) is 5.56 Å². The van der Waals surface area contributed by atoms with Gasteiger partial charge in [0.25, 0.3) is 5.91 Å². The molecule has 24 heavy (non-hydrogen) atoms. The molecule has 1 saturated heterocycles. The first-order chi connectivity index (χ1) is 11.6. The van der Waals surface area contributed by atoms with Crippen molar-refractivity contribution in [2.75, 3.05) is 32.7 Å². The summed E-state index contributed by atoms with van der Waals surface area (Å²) in [7, 11) is 0. The largest absolute Gasteiger partial charge is 0.336 e. The summed E-state index contributed by atoms with van der Waals surface area (Å²) in [6.45, 7) is 3.86. The Hall–Kier alpha value is -2.47. The Morgan fingerprint density at radius 1 is 1.04 bits per heavy atom. The van der Waals surface area contributed by atoms with E-state index in [1.54, 1.807) is 6.07 Å². The summed E-state index contributed by atoms with van der Waals surface area (Å²) < 4.78 is 12.9. The van der Waals surface area contributed by atoms with Gasteiger partial charge in [-0.1, -0.05) is 12.1 Å². The first-order valence-corrected chi connectivity index (χ1v) is 8.06. The third-order valence-electron chi connectivity index (χ3n) is 4.32. The third kappa shape index (κ3) is 4.08. The first kappa shape index (κ1) is 16.4. The van der Waals surface area contributed by atoms with Crippen LogP contribution in [0.2, 0.25) is 0 Å². The number of nitrogens with zero attached hydrogens (tertiary/aromatic N) is 2. The Kier molecular flexibility index (Phi) is 5.05. The predicted molar refractivity (Wildman–Crippen MR) is 89.5 cm³/mol. The molecule has 126 valence electrons. The molecule has 1 aliphatic heterocycles. The molecule has 1 aliphatic rings. The van der Waals surface area contributed by atoms with Crippen molar-refractivity contribution in [3.63, 3.8) is 0 Å². The molecule has 0 unspecified atom stereocenters. The molecule has 2 heterocycles. The number of carbonyl (C=O) groups excluding carboxylic acids is 1. The Bertz CT molecular complexity index is 729. The fourth-order valence-electron chi connectivity index (χ4n) is 2.84. The number of halogens is 1. The summed E-state index contributed by atoms with van der Waals surface area (Å²) in [5.74, 6) is -0.266. The molecule has 1 fully saturated rings. The SMILES string of the molecule is O=C(c1ccc(=O)[nH]c1)N1CCN(CCc2ccc(F)cc2)CC1. The van der Waals surface area contributed by atoms with E-state index >= 15 is 0 Å². The number of pyridine rings is 1. The molecule has 5 nitrogen and oxygen atoms in total. The number of H-pyrrole nitrogens is 1. The van der Waals surface area contributed by atoms with E-state index in [0.29, 0.717) is 18.7 Å². The van der Waals surface area contributed by atoms with Gasteiger partial charge >= 0.3 is 0 Å². The molecule has 0 spiro atoms. The van der Waals surface area contributed by atoms with E-state index in [0.717, 1.165) is 31.6 Å². The number of carbonyl (C=O) groups is 1. The van der Waals surface area contributed by atoms with Crippen LogP contribution < -0.4 is 5.56 Å². The number of aromatic nitrogens is 1. The molecule has 0 aliphatic carbocycles. The Balaban J connectivity index is 1.48. The van der Waals surface area contributed by atoms with Crippen molar-refractivity contribution >= 4 is 5.91 Å². The lowest BCUT2D eigenvalue weighted by molar-refractivity contribution is 0.0638. The zero-order valence-corrected chi connectivity index (χ0v) is 13.4. The van der Waals surface area contributed by atoms with Crippen molar-refractivity contribution in [2.45, 2.75) is 6.42 Å². The maximum absolute atomic E-state index is 12.9. The fourth-order valence-corrected chi connectivity index (χ4v) is 2.84. The maximum atomic E-state index is 12.9. The topological polar surface area (TPSA) is 56.4 Å². The molecule has 1 aromatic carbocycles. The van der Waals surface area contributed by atoms with Gasteiger partial charge in [-0.25, -0.2) is 4.39 Å². The predicted octanol–water partition coefficient (Wildman–Crippen LogP) is 1.51. The maximum Gasteiger partial charge on any atom is 0.255 e. The van der Waals surface area contributed by atoms with Crippen LogP contribution in [0, 0.1) is 5.82 Å². The Morgan fingerprint density at radius 3 is 2.38 bits per heavy atom. The van der Waals surface area contributed by atoms with Gasteiger partial charge in [-0.05, 0) is 30.2 Å². The Labute approximate surface area is 139 Å². The number of nitrogens with one attached hydrogen (secondary N) is 1. The fraction of sp³-hybridized carbons (Fsp3) is 0.333. The van der Waals surface area contributed by atoms with E-state index in [1.165, 1.54) is 24.4 Å². The van der Waals surface area contributed by atoms with E-state index in [9.17, 15) is 14.0 Å². The van der Waals surface area contributed by atoms with E-state index in [2.05, 4.69) is 9.88 Å². The summed E-state index contributed by atoms with van der Waals surface area (Å²) in [6.07, 6.45) is 2.33. The van der Waals surface area contributed by atoms with Crippen LogP contribution in [0.4, 0.5) is 4.39 Å². The van der Waals surface area contributed by atoms with Crippen molar-refractivity contribution in [3.8, 4) is 0 Å². The number of aromatic amines is 1. The highest BCUT2D eigenvalue weighted by Crippen LogP contribution is 2.09. The molecule has 2 aromatic rings. The summed E-state index contributed by atoms with van der Waals surface area (Å²) in [5, 5.41) is 0. The molecule has 1 aromatic heterocycles. The normalized spacial score (nSPS) is 15.5. The van der Waals surface area contributed by atoms with Crippen LogP contribution in [0.15, 0.2) is 47.4 Å². The van der Waals surface area contributed by atoms with E-state index < -0.39 is 0 Å². The summed E-state index contributed by atoms with van der Waals surface area (Å²) in [5.41, 5.74) is 1.41. The van der Waals surface area contributed by atoms with Gasteiger partial charge in [0.15, 0.2) is 0 Å². The highest BCUT2D eigenvalue weighted by Gasteiger charge is 2.21. The zero-order chi connectivity index (χ0) is 16.9. The number of piperazine rings is 1. The number of hydrogen-bond acceptors (Lipinski definition) is 3.